The molecule has 0 amide bonds. The Bertz CT molecular complexity index is 584. The molecule has 2 aromatic rings. The summed E-state index contributed by atoms with van der Waals surface area (Å²) in [6.07, 6.45) is 5.44. The fourth-order valence-electron chi connectivity index (χ4n) is 3.60. The van der Waals surface area contributed by atoms with Gasteiger partial charge in [0.05, 0.1) is 6.54 Å². The summed E-state index contributed by atoms with van der Waals surface area (Å²) in [6.45, 7) is 5.17. The minimum Gasteiger partial charge on any atom is -0.459 e. The summed E-state index contributed by atoms with van der Waals surface area (Å²) >= 11 is 0. The van der Waals surface area contributed by atoms with Gasteiger partial charge in [0.1, 0.15) is 11.3 Å². The maximum atomic E-state index is 6.16. The molecule has 3 nitrogen and oxygen atoms in total. The van der Waals surface area contributed by atoms with Crippen LogP contribution >= 0.6 is 0 Å². The molecule has 1 heterocycles. The fraction of sp³-hybridized carbons (Fsp3) is 0.556. The van der Waals surface area contributed by atoms with Crippen molar-refractivity contribution in [2.75, 3.05) is 13.6 Å². The van der Waals surface area contributed by atoms with Gasteiger partial charge >= 0.3 is 0 Å². The molecule has 0 radical (unpaired) electrons. The van der Waals surface area contributed by atoms with Crippen LogP contribution in [0.2, 0.25) is 0 Å². The summed E-state index contributed by atoms with van der Waals surface area (Å²) in [5, 5.41) is 4.54. The number of nitrogens with one attached hydrogen (secondary N) is 1. The summed E-state index contributed by atoms with van der Waals surface area (Å²) in [7, 11) is 2.00. The first-order valence-electron chi connectivity index (χ1n) is 8.21. The van der Waals surface area contributed by atoms with Gasteiger partial charge in [0.2, 0.25) is 0 Å². The van der Waals surface area contributed by atoms with Crippen LogP contribution in [0.1, 0.15) is 43.9 Å². The topological polar surface area (TPSA) is 28.4 Å². The first-order valence-corrected chi connectivity index (χ1v) is 8.21. The largest absolute Gasteiger partial charge is 0.459 e. The van der Waals surface area contributed by atoms with Crippen LogP contribution in [0.25, 0.3) is 11.0 Å². The van der Waals surface area contributed by atoms with Gasteiger partial charge in [0.25, 0.3) is 0 Å². The highest BCUT2D eigenvalue weighted by Gasteiger charge is 2.24. The molecule has 1 saturated carbocycles. The van der Waals surface area contributed by atoms with Crippen molar-refractivity contribution in [2.45, 2.75) is 51.7 Å². The predicted octanol–water partition coefficient (Wildman–Crippen LogP) is 3.92. The van der Waals surface area contributed by atoms with E-state index in [-0.39, 0.29) is 0 Å². The third-order valence-corrected chi connectivity index (χ3v) is 4.73. The number of para-hydroxylation sites is 1. The molecule has 1 N–H and O–H groups in total. The summed E-state index contributed by atoms with van der Waals surface area (Å²) in [4.78, 5) is 2.59. The minimum absolute atomic E-state index is 0.741. The molecule has 1 aromatic carbocycles. The molecule has 114 valence electrons. The van der Waals surface area contributed by atoms with Crippen molar-refractivity contribution in [1.29, 1.82) is 0 Å². The lowest BCUT2D eigenvalue weighted by atomic mass is 10.1. The average Bonchev–Trinajstić information content (AvgIpc) is 3.14. The van der Waals surface area contributed by atoms with Crippen molar-refractivity contribution in [3.8, 4) is 0 Å². The van der Waals surface area contributed by atoms with Gasteiger partial charge in [-0.15, -0.1) is 0 Å². The Labute approximate surface area is 127 Å². The molecule has 1 aliphatic rings. The van der Waals surface area contributed by atoms with Crippen LogP contribution < -0.4 is 5.32 Å². The quantitative estimate of drug-likeness (QED) is 0.872. The monoisotopic (exact) mass is 286 g/mol. The van der Waals surface area contributed by atoms with Gasteiger partial charge in [-0.05, 0) is 32.5 Å². The van der Waals surface area contributed by atoms with Crippen LogP contribution in [0.3, 0.4) is 0 Å². The summed E-state index contributed by atoms with van der Waals surface area (Å²) in [6, 6.07) is 9.12. The Hall–Kier alpha value is -1.32. The molecule has 1 aliphatic carbocycles. The van der Waals surface area contributed by atoms with E-state index in [4.69, 9.17) is 4.42 Å². The molecule has 0 saturated heterocycles. The maximum Gasteiger partial charge on any atom is 0.134 e. The zero-order valence-electron chi connectivity index (χ0n) is 13.2. The number of furan rings is 1. The van der Waals surface area contributed by atoms with Gasteiger partial charge in [0, 0.05) is 23.5 Å². The van der Waals surface area contributed by atoms with Crippen LogP contribution in [0, 0.1) is 0 Å². The standard InChI is InChI=1S/C18H26N2O/c1-3-20(14-8-4-5-9-14)13-18-16(12-19-2)15-10-6-7-11-17(15)21-18/h6-7,10-11,14,19H,3-5,8-9,12-13H2,1-2H3. The number of benzene rings is 1. The number of hydrogen-bond acceptors (Lipinski definition) is 3. The predicted molar refractivity (Wildman–Crippen MR) is 87.3 cm³/mol. The van der Waals surface area contributed by atoms with Crippen LogP contribution in [0.5, 0.6) is 0 Å². The zero-order chi connectivity index (χ0) is 14.7. The Morgan fingerprint density at radius 1 is 1.24 bits per heavy atom. The molecule has 0 unspecified atom stereocenters. The van der Waals surface area contributed by atoms with Crippen LogP contribution in [0.4, 0.5) is 0 Å². The van der Waals surface area contributed by atoms with Gasteiger partial charge in [0.15, 0.2) is 0 Å². The van der Waals surface area contributed by atoms with E-state index in [2.05, 4.69) is 35.3 Å². The first kappa shape index (κ1) is 14.6. The molecule has 21 heavy (non-hydrogen) atoms. The van der Waals surface area contributed by atoms with Crippen LogP contribution in [0.15, 0.2) is 28.7 Å². The number of rotatable bonds is 6. The van der Waals surface area contributed by atoms with Crippen LogP contribution in [-0.2, 0) is 13.1 Å². The molecular weight excluding hydrogens is 260 g/mol. The van der Waals surface area contributed by atoms with E-state index in [0.717, 1.165) is 37.0 Å². The highest BCUT2D eigenvalue weighted by molar-refractivity contribution is 5.82. The van der Waals surface area contributed by atoms with Crippen molar-refractivity contribution >= 4 is 11.0 Å². The van der Waals surface area contributed by atoms with E-state index in [9.17, 15) is 0 Å². The first-order chi connectivity index (χ1) is 10.3. The van der Waals surface area contributed by atoms with Gasteiger partial charge in [-0.25, -0.2) is 0 Å². The molecule has 1 fully saturated rings. The van der Waals surface area contributed by atoms with Crippen molar-refractivity contribution in [3.63, 3.8) is 0 Å². The summed E-state index contributed by atoms with van der Waals surface area (Å²) in [5.74, 6) is 1.14. The normalized spacial score (nSPS) is 16.3. The van der Waals surface area contributed by atoms with Gasteiger partial charge in [-0.3, -0.25) is 4.90 Å². The summed E-state index contributed by atoms with van der Waals surface area (Å²) < 4.78 is 6.16. The van der Waals surface area contributed by atoms with Gasteiger partial charge < -0.3 is 9.73 Å². The second-order valence-electron chi connectivity index (χ2n) is 6.03. The van der Waals surface area contributed by atoms with E-state index in [1.165, 1.54) is 36.6 Å². The Morgan fingerprint density at radius 2 is 2.00 bits per heavy atom. The van der Waals surface area contributed by atoms with E-state index in [1.807, 2.05) is 13.1 Å². The second kappa shape index (κ2) is 6.63. The molecule has 3 heteroatoms. The van der Waals surface area contributed by atoms with Crippen LogP contribution in [-0.4, -0.2) is 24.5 Å². The van der Waals surface area contributed by atoms with E-state index < -0.39 is 0 Å². The lowest BCUT2D eigenvalue weighted by Crippen LogP contribution is -2.32. The highest BCUT2D eigenvalue weighted by Crippen LogP contribution is 2.30. The molecule has 0 bridgehead atoms. The second-order valence-corrected chi connectivity index (χ2v) is 6.03. The van der Waals surface area contributed by atoms with Crippen molar-refractivity contribution < 1.29 is 4.42 Å². The van der Waals surface area contributed by atoms with Gasteiger partial charge in [-0.2, -0.15) is 0 Å². The zero-order valence-corrected chi connectivity index (χ0v) is 13.2. The minimum atomic E-state index is 0.741. The molecule has 0 aliphatic heterocycles. The average molecular weight is 286 g/mol. The van der Waals surface area contributed by atoms with Gasteiger partial charge in [-0.1, -0.05) is 38.0 Å². The number of nitrogens with zero attached hydrogens (tertiary/aromatic N) is 1. The molecule has 0 atom stereocenters. The fourth-order valence-corrected chi connectivity index (χ4v) is 3.60. The third-order valence-electron chi connectivity index (χ3n) is 4.73. The Balaban J connectivity index is 1.89. The SMILES string of the molecule is CCN(Cc1oc2ccccc2c1CNC)C1CCCC1. The van der Waals surface area contributed by atoms with E-state index >= 15 is 0 Å². The molecule has 3 rings (SSSR count). The van der Waals surface area contributed by atoms with E-state index in [0.29, 0.717) is 0 Å². The molecular formula is C18H26N2O. The van der Waals surface area contributed by atoms with Crippen molar-refractivity contribution in [1.82, 2.24) is 10.2 Å². The Kier molecular flexibility index (Phi) is 4.61. The maximum absolute atomic E-state index is 6.16. The lowest BCUT2D eigenvalue weighted by Gasteiger charge is -2.26. The lowest BCUT2D eigenvalue weighted by molar-refractivity contribution is 0.186. The summed E-state index contributed by atoms with van der Waals surface area (Å²) in [5.41, 5.74) is 2.34. The molecule has 1 aromatic heterocycles. The number of fused-ring (bicyclic) bond motifs is 1. The highest BCUT2D eigenvalue weighted by atomic mass is 16.3. The van der Waals surface area contributed by atoms with Crippen molar-refractivity contribution in [2.24, 2.45) is 0 Å². The number of hydrogen-bond donors (Lipinski definition) is 1. The molecule has 0 spiro atoms. The third kappa shape index (κ3) is 2.99. The Morgan fingerprint density at radius 3 is 2.71 bits per heavy atom. The van der Waals surface area contributed by atoms with E-state index in [1.54, 1.807) is 0 Å². The smallest absolute Gasteiger partial charge is 0.134 e. The van der Waals surface area contributed by atoms with Crippen molar-refractivity contribution in [3.05, 3.63) is 35.6 Å².